The van der Waals surface area contributed by atoms with Crippen molar-refractivity contribution in [3.05, 3.63) is 114 Å². The fourth-order valence-electron chi connectivity index (χ4n) is 5.49. The van der Waals surface area contributed by atoms with Crippen molar-refractivity contribution in [3.8, 4) is 5.75 Å². The Bertz CT molecular complexity index is 1550. The number of nitrogens with one attached hydrogen (secondary N) is 1. The summed E-state index contributed by atoms with van der Waals surface area (Å²) in [5.41, 5.74) is 7.44. The summed E-state index contributed by atoms with van der Waals surface area (Å²) in [7, 11) is 8.17. The van der Waals surface area contributed by atoms with E-state index in [1.54, 1.807) is 11.8 Å². The number of carbonyl (C=O) groups is 1. The Kier molecular flexibility index (Phi) is 9.49. The summed E-state index contributed by atoms with van der Waals surface area (Å²) in [6.07, 6.45) is 0. The number of aliphatic imine (C=N–C) groups is 1. The van der Waals surface area contributed by atoms with Crippen molar-refractivity contribution in [2.45, 2.75) is 18.6 Å². The van der Waals surface area contributed by atoms with Crippen molar-refractivity contribution in [2.24, 2.45) is 4.99 Å². The zero-order valence-electron chi connectivity index (χ0n) is 26.4. The van der Waals surface area contributed by atoms with Crippen molar-refractivity contribution < 1.29 is 9.53 Å². The molecule has 0 unspecified atom stereocenters. The predicted octanol–water partition coefficient (Wildman–Crippen LogP) is 6.89. The van der Waals surface area contributed by atoms with E-state index >= 15 is 0 Å². The topological polar surface area (TPSA) is 60.4 Å². The number of amides is 1. The molecule has 1 amide bonds. The maximum absolute atomic E-state index is 13.2. The molecule has 1 aliphatic heterocycles. The molecule has 0 atom stereocenters. The number of thioether (sulfide) groups is 1. The van der Waals surface area contributed by atoms with Crippen LogP contribution >= 0.6 is 11.8 Å². The minimum absolute atomic E-state index is 0.113. The van der Waals surface area contributed by atoms with E-state index in [4.69, 9.17) is 9.73 Å². The number of hydrogen-bond acceptors (Lipinski definition) is 7. The summed E-state index contributed by atoms with van der Waals surface area (Å²) in [6.45, 7) is 5.97. The molecule has 0 spiro atoms. The van der Waals surface area contributed by atoms with Crippen LogP contribution in [0.3, 0.4) is 0 Å². The summed E-state index contributed by atoms with van der Waals surface area (Å²) in [5, 5.41) is 3.61. The maximum atomic E-state index is 13.2. The second-order valence-electron chi connectivity index (χ2n) is 11.1. The molecule has 0 saturated carbocycles. The van der Waals surface area contributed by atoms with Gasteiger partial charge in [-0.05, 0) is 73.5 Å². The number of carbonyl (C=O) groups excluding carboxylic acids is 1. The highest BCUT2D eigenvalue weighted by molar-refractivity contribution is 8.15. The van der Waals surface area contributed by atoms with E-state index in [0.29, 0.717) is 10.9 Å². The van der Waals surface area contributed by atoms with E-state index in [2.05, 4.69) is 101 Å². The number of nitrogens with zero attached hydrogens (tertiary/aromatic N) is 4. The standard InChI is InChI=1S/C36H41N5O2S/c1-7-41(8-2)30-22-23-32-33(24-30)37-35(38-34(42)25-43-31-12-10-9-11-13-31)44-36(32,26-14-18-28(19-15-26)39(3)4)27-16-20-29(21-17-27)40(5)6/h9-24H,7-8,25H2,1-6H3,(H,37,38,42). The molecule has 0 aromatic heterocycles. The minimum atomic E-state index is -0.669. The summed E-state index contributed by atoms with van der Waals surface area (Å²) < 4.78 is 5.09. The molecule has 0 bridgehead atoms. The highest BCUT2D eigenvalue weighted by Gasteiger charge is 2.43. The Labute approximate surface area is 265 Å². The van der Waals surface area contributed by atoms with Gasteiger partial charge in [0.25, 0.3) is 5.91 Å². The van der Waals surface area contributed by atoms with Crippen LogP contribution in [0.15, 0.2) is 102 Å². The molecule has 0 fully saturated rings. The number of para-hydroxylation sites is 1. The third kappa shape index (κ3) is 6.40. The van der Waals surface area contributed by atoms with Gasteiger partial charge in [-0.1, -0.05) is 60.3 Å². The van der Waals surface area contributed by atoms with Crippen LogP contribution in [0.4, 0.5) is 22.7 Å². The predicted molar refractivity (Wildman–Crippen MR) is 186 cm³/mol. The largest absolute Gasteiger partial charge is 0.484 e. The van der Waals surface area contributed by atoms with Crippen molar-refractivity contribution >= 4 is 45.6 Å². The van der Waals surface area contributed by atoms with Crippen molar-refractivity contribution in [2.75, 3.05) is 62.6 Å². The maximum Gasteiger partial charge on any atom is 0.263 e. The third-order valence-corrected chi connectivity index (χ3v) is 9.29. The van der Waals surface area contributed by atoms with Gasteiger partial charge in [-0.3, -0.25) is 4.79 Å². The lowest BCUT2D eigenvalue weighted by Crippen LogP contribution is -2.39. The van der Waals surface area contributed by atoms with Gasteiger partial charge in [0.2, 0.25) is 0 Å². The van der Waals surface area contributed by atoms with Crippen LogP contribution in [0.2, 0.25) is 0 Å². The van der Waals surface area contributed by atoms with Gasteiger partial charge in [0.05, 0.1) is 5.69 Å². The molecule has 0 aliphatic carbocycles. The smallest absolute Gasteiger partial charge is 0.263 e. The van der Waals surface area contributed by atoms with Crippen LogP contribution in [-0.2, 0) is 9.54 Å². The Hall–Kier alpha value is -4.43. The van der Waals surface area contributed by atoms with Gasteiger partial charge in [-0.15, -0.1) is 0 Å². The Morgan fingerprint density at radius 2 is 1.32 bits per heavy atom. The number of rotatable bonds is 10. The third-order valence-electron chi connectivity index (χ3n) is 7.90. The van der Waals surface area contributed by atoms with E-state index in [1.165, 1.54) is 0 Å². The second-order valence-corrected chi connectivity index (χ2v) is 12.3. The highest BCUT2D eigenvalue weighted by Crippen LogP contribution is 2.55. The molecular weight excluding hydrogens is 566 g/mol. The lowest BCUT2D eigenvalue weighted by molar-refractivity contribution is -0.121. The molecule has 0 radical (unpaired) electrons. The van der Waals surface area contributed by atoms with Gasteiger partial charge < -0.3 is 24.8 Å². The Morgan fingerprint density at radius 3 is 1.84 bits per heavy atom. The molecule has 8 heteroatoms. The fraction of sp³-hybridized carbons (Fsp3) is 0.278. The van der Waals surface area contributed by atoms with Crippen LogP contribution in [-0.4, -0.2) is 59.0 Å². The van der Waals surface area contributed by atoms with Gasteiger partial charge in [-0.25, -0.2) is 4.99 Å². The lowest BCUT2D eigenvalue weighted by atomic mass is 9.82. The van der Waals surface area contributed by atoms with Gasteiger partial charge in [-0.2, -0.15) is 0 Å². The average Bonchev–Trinajstić information content (AvgIpc) is 3.04. The molecule has 5 rings (SSSR count). The normalized spacial score (nSPS) is 13.4. The van der Waals surface area contributed by atoms with Crippen molar-refractivity contribution in [1.29, 1.82) is 0 Å². The summed E-state index contributed by atoms with van der Waals surface area (Å²) in [5.74, 6) is 0.384. The van der Waals surface area contributed by atoms with E-state index < -0.39 is 4.75 Å². The SMILES string of the molecule is CCN(CC)c1ccc2c(c1)N=C(NC(=O)COc1ccccc1)SC2(c1ccc(N(C)C)cc1)c1ccc(N(C)C)cc1. The van der Waals surface area contributed by atoms with Gasteiger partial charge >= 0.3 is 0 Å². The number of anilines is 3. The number of benzene rings is 4. The van der Waals surface area contributed by atoms with Crippen molar-refractivity contribution in [3.63, 3.8) is 0 Å². The lowest BCUT2D eigenvalue weighted by Gasteiger charge is -2.39. The Balaban J connectivity index is 1.64. The van der Waals surface area contributed by atoms with E-state index in [1.807, 2.05) is 58.5 Å². The molecule has 4 aromatic carbocycles. The first-order chi connectivity index (χ1) is 21.2. The number of fused-ring (bicyclic) bond motifs is 1. The minimum Gasteiger partial charge on any atom is -0.484 e. The first-order valence-corrected chi connectivity index (χ1v) is 15.8. The quantitative estimate of drug-likeness (QED) is 0.212. The molecule has 7 nitrogen and oxygen atoms in total. The molecule has 1 aliphatic rings. The first-order valence-electron chi connectivity index (χ1n) is 15.0. The number of amidine groups is 1. The Morgan fingerprint density at radius 1 is 0.773 bits per heavy atom. The monoisotopic (exact) mass is 607 g/mol. The van der Waals surface area contributed by atoms with E-state index in [-0.39, 0.29) is 12.5 Å². The molecule has 44 heavy (non-hydrogen) atoms. The van der Waals surface area contributed by atoms with Gasteiger partial charge in [0.1, 0.15) is 10.5 Å². The zero-order chi connectivity index (χ0) is 31.3. The van der Waals surface area contributed by atoms with E-state index in [9.17, 15) is 4.79 Å². The van der Waals surface area contributed by atoms with Crippen molar-refractivity contribution in [1.82, 2.24) is 5.32 Å². The average molecular weight is 608 g/mol. The number of hydrogen-bond donors (Lipinski definition) is 1. The summed E-state index contributed by atoms with van der Waals surface area (Å²) >= 11 is 1.55. The van der Waals surface area contributed by atoms with Crippen LogP contribution in [0.25, 0.3) is 0 Å². The van der Waals surface area contributed by atoms with Gasteiger partial charge in [0.15, 0.2) is 11.8 Å². The first kappa shape index (κ1) is 31.0. The van der Waals surface area contributed by atoms with Crippen LogP contribution in [0, 0.1) is 0 Å². The zero-order valence-corrected chi connectivity index (χ0v) is 27.2. The molecule has 4 aromatic rings. The summed E-state index contributed by atoms with van der Waals surface area (Å²) in [6, 6.07) is 33.2. The molecule has 1 heterocycles. The van der Waals surface area contributed by atoms with Crippen LogP contribution in [0.1, 0.15) is 30.5 Å². The van der Waals surface area contributed by atoms with Crippen LogP contribution in [0.5, 0.6) is 5.75 Å². The molecular formula is C36H41N5O2S. The number of ether oxygens (including phenoxy) is 1. The second kappa shape index (κ2) is 13.5. The highest BCUT2D eigenvalue weighted by atomic mass is 32.2. The van der Waals surface area contributed by atoms with Gasteiger partial charge in [0, 0.05) is 63.9 Å². The van der Waals surface area contributed by atoms with E-state index in [0.717, 1.165) is 52.5 Å². The van der Waals surface area contributed by atoms with Crippen LogP contribution < -0.4 is 24.8 Å². The molecule has 228 valence electrons. The molecule has 1 N–H and O–H groups in total. The molecule has 0 saturated heterocycles. The fourth-order valence-corrected chi connectivity index (χ4v) is 6.88. The summed E-state index contributed by atoms with van der Waals surface area (Å²) in [4.78, 5) is 24.8.